The van der Waals surface area contributed by atoms with E-state index >= 15 is 0 Å². The summed E-state index contributed by atoms with van der Waals surface area (Å²) in [4.78, 5) is 51.1. The highest BCUT2D eigenvalue weighted by molar-refractivity contribution is 5.85. The van der Waals surface area contributed by atoms with Crippen LogP contribution in [0.1, 0.15) is 81.6 Å². The van der Waals surface area contributed by atoms with E-state index in [-0.39, 0.29) is 24.5 Å². The minimum absolute atomic E-state index is 0.0953. The van der Waals surface area contributed by atoms with Crippen LogP contribution in [0.5, 0.6) is 0 Å². The van der Waals surface area contributed by atoms with Gasteiger partial charge in [0.2, 0.25) is 0 Å². The van der Waals surface area contributed by atoms with Gasteiger partial charge < -0.3 is 28.8 Å². The molecule has 0 radical (unpaired) electrons. The lowest BCUT2D eigenvalue weighted by Gasteiger charge is -2.68. The predicted molar refractivity (Wildman–Crippen MR) is 142 cm³/mol. The predicted octanol–water partition coefficient (Wildman–Crippen LogP) is 3.03. The maximum absolute atomic E-state index is 14.3. The van der Waals surface area contributed by atoms with Gasteiger partial charge in [0.25, 0.3) is 0 Å². The first-order valence-electron chi connectivity index (χ1n) is 14.6. The van der Waals surface area contributed by atoms with E-state index in [1.165, 1.54) is 20.8 Å². The number of aliphatic hydroxyl groups is 1. The van der Waals surface area contributed by atoms with Gasteiger partial charge >= 0.3 is 23.9 Å². The van der Waals surface area contributed by atoms with Crippen molar-refractivity contribution in [2.45, 2.75) is 117 Å². The summed E-state index contributed by atoms with van der Waals surface area (Å²) in [6, 6.07) is 0. The number of hydrogen-bond donors (Lipinski definition) is 1. The largest absolute Gasteiger partial charge is 0.465 e. The Bertz CT molecular complexity index is 1300. The molecule has 4 bridgehead atoms. The third kappa shape index (κ3) is 2.78. The van der Waals surface area contributed by atoms with Crippen molar-refractivity contribution in [3.05, 3.63) is 11.6 Å². The van der Waals surface area contributed by atoms with E-state index in [1.807, 2.05) is 33.8 Å². The van der Waals surface area contributed by atoms with Crippen LogP contribution in [0.2, 0.25) is 0 Å². The van der Waals surface area contributed by atoms with Crippen LogP contribution in [-0.4, -0.2) is 71.2 Å². The van der Waals surface area contributed by atoms with Crippen molar-refractivity contribution < 1.29 is 48.0 Å². The molecule has 1 unspecified atom stereocenters. The summed E-state index contributed by atoms with van der Waals surface area (Å²) in [5, 5.41) is 12.3. The maximum Gasteiger partial charge on any atom is 0.316 e. The maximum atomic E-state index is 14.3. The smallest absolute Gasteiger partial charge is 0.316 e. The van der Waals surface area contributed by atoms with Crippen molar-refractivity contribution in [1.29, 1.82) is 0 Å². The third-order valence-electron chi connectivity index (χ3n) is 12.6. The number of rotatable bonds is 4. The Morgan fingerprint density at radius 3 is 2.24 bits per heavy atom. The molecule has 4 aliphatic carbocycles. The molecule has 10 heteroatoms. The van der Waals surface area contributed by atoms with Gasteiger partial charge in [-0.1, -0.05) is 39.3 Å². The van der Waals surface area contributed by atoms with Crippen molar-refractivity contribution >= 4 is 23.9 Å². The van der Waals surface area contributed by atoms with Crippen molar-refractivity contribution in [3.8, 4) is 0 Å². The fourth-order valence-corrected chi connectivity index (χ4v) is 11.3. The molecule has 2 saturated heterocycles. The summed E-state index contributed by atoms with van der Waals surface area (Å²) in [7, 11) is 0. The van der Waals surface area contributed by atoms with Gasteiger partial charge in [-0.05, 0) is 33.1 Å². The molecule has 11 atom stereocenters. The molecule has 6 aliphatic rings. The van der Waals surface area contributed by atoms with Gasteiger partial charge in [0.1, 0.15) is 47.6 Å². The molecule has 41 heavy (non-hydrogen) atoms. The van der Waals surface area contributed by atoms with E-state index in [1.54, 1.807) is 6.92 Å². The number of ether oxygens (including phenoxy) is 5. The fourth-order valence-electron chi connectivity index (χ4n) is 11.3. The normalized spacial score (nSPS) is 51.6. The molecule has 0 aromatic carbocycles. The van der Waals surface area contributed by atoms with E-state index in [2.05, 4.69) is 6.92 Å². The second kappa shape index (κ2) is 7.92. The Kier molecular flexibility index (Phi) is 5.54. The third-order valence-corrected chi connectivity index (χ3v) is 12.6. The van der Waals surface area contributed by atoms with Gasteiger partial charge in [-0.2, -0.15) is 0 Å². The van der Waals surface area contributed by atoms with Crippen molar-refractivity contribution in [3.63, 3.8) is 0 Å². The van der Waals surface area contributed by atoms with Crippen LogP contribution < -0.4 is 0 Å². The van der Waals surface area contributed by atoms with Crippen molar-refractivity contribution in [2.75, 3.05) is 6.61 Å². The Morgan fingerprint density at radius 2 is 1.66 bits per heavy atom. The lowest BCUT2D eigenvalue weighted by Crippen LogP contribution is -2.75. The number of carbonyl (C=O) groups excluding carboxylic acids is 4. The second-order valence-electron chi connectivity index (χ2n) is 14.6. The Labute approximate surface area is 240 Å². The Hall–Kier alpha value is -2.46. The molecule has 0 aromatic rings. The quantitative estimate of drug-likeness (QED) is 0.303. The first-order valence-corrected chi connectivity index (χ1v) is 14.6. The zero-order valence-electron chi connectivity index (χ0n) is 25.4. The van der Waals surface area contributed by atoms with Crippen LogP contribution in [-0.2, 0) is 42.9 Å². The summed E-state index contributed by atoms with van der Waals surface area (Å²) in [6.07, 6.45) is 0.297. The molecule has 0 spiro atoms. The highest BCUT2D eigenvalue weighted by Crippen LogP contribution is 2.86. The van der Waals surface area contributed by atoms with E-state index in [0.717, 1.165) is 5.57 Å². The summed E-state index contributed by atoms with van der Waals surface area (Å²) >= 11 is 0. The SMILES string of the molecule is CC(=O)OC[C@@]12[C@@H]3O[C@@]4(C=C(C)[C@@]1(C)[C@@H](OC(C)=O)[C@@]3(C)O)[C@]2(C)C[C@@H]1OC(=O)[C@]42CC[C@H](OC(C)=O)C(C)(C)C12. The van der Waals surface area contributed by atoms with E-state index in [0.29, 0.717) is 19.3 Å². The van der Waals surface area contributed by atoms with Gasteiger partial charge in [0, 0.05) is 42.9 Å². The molecular formula is C31H42O10. The van der Waals surface area contributed by atoms with Crippen LogP contribution in [0.3, 0.4) is 0 Å². The Balaban J connectivity index is 1.65. The van der Waals surface area contributed by atoms with Crippen molar-refractivity contribution in [1.82, 2.24) is 0 Å². The summed E-state index contributed by atoms with van der Waals surface area (Å²) in [5.74, 6) is -2.09. The van der Waals surface area contributed by atoms with E-state index in [4.69, 9.17) is 23.7 Å². The first kappa shape index (κ1) is 28.6. The molecule has 226 valence electrons. The first-order chi connectivity index (χ1) is 18.8. The second-order valence-corrected chi connectivity index (χ2v) is 14.6. The molecule has 2 heterocycles. The summed E-state index contributed by atoms with van der Waals surface area (Å²) in [5.41, 5.74) is -6.86. The monoisotopic (exact) mass is 574 g/mol. The fraction of sp³-hybridized carbons (Fsp3) is 0.806. The number of esters is 4. The van der Waals surface area contributed by atoms with Gasteiger partial charge in [0.05, 0.1) is 5.41 Å². The zero-order valence-corrected chi connectivity index (χ0v) is 25.4. The molecule has 3 saturated carbocycles. The molecule has 0 aromatic heterocycles. The zero-order chi connectivity index (χ0) is 30.3. The van der Waals surface area contributed by atoms with Gasteiger partial charge in [-0.3, -0.25) is 19.2 Å². The molecule has 5 fully saturated rings. The van der Waals surface area contributed by atoms with Gasteiger partial charge in [-0.25, -0.2) is 0 Å². The van der Waals surface area contributed by atoms with Crippen LogP contribution in [0.4, 0.5) is 0 Å². The summed E-state index contributed by atoms with van der Waals surface area (Å²) in [6.45, 7) is 15.5. The molecular weight excluding hydrogens is 532 g/mol. The molecule has 10 nitrogen and oxygen atoms in total. The van der Waals surface area contributed by atoms with Crippen molar-refractivity contribution in [2.24, 2.45) is 33.0 Å². The average molecular weight is 575 g/mol. The highest BCUT2D eigenvalue weighted by Gasteiger charge is 2.95. The molecule has 2 aliphatic heterocycles. The lowest BCUT2D eigenvalue weighted by atomic mass is 9.33. The van der Waals surface area contributed by atoms with Crippen LogP contribution in [0.15, 0.2) is 11.6 Å². The van der Waals surface area contributed by atoms with Crippen LogP contribution >= 0.6 is 0 Å². The molecule has 6 rings (SSSR count). The topological polar surface area (TPSA) is 135 Å². The minimum atomic E-state index is -1.68. The van der Waals surface area contributed by atoms with Gasteiger partial charge in [-0.15, -0.1) is 0 Å². The molecule has 0 amide bonds. The van der Waals surface area contributed by atoms with Crippen LogP contribution in [0.25, 0.3) is 0 Å². The van der Waals surface area contributed by atoms with E-state index in [9.17, 15) is 24.3 Å². The summed E-state index contributed by atoms with van der Waals surface area (Å²) < 4.78 is 31.0. The lowest BCUT2D eigenvalue weighted by molar-refractivity contribution is -0.259. The van der Waals surface area contributed by atoms with Crippen LogP contribution in [0, 0.1) is 33.0 Å². The standard InChI is InChI=1S/C31H42O10/c1-15-12-31-26(7,13-19-21-25(5,6)20(38-17(3)33)10-11-29(21,31)24(35)40-19)30(14-37-16(2)32)23(41-31)28(9,36)22(27(15,30)8)39-18(4)34/h12,19-23,36H,10-11,13-14H2,1-9H3/t19-,20-,21?,22+,23+,26+,27-,28+,29+,30-,31-/m0/s1. The highest BCUT2D eigenvalue weighted by atomic mass is 16.6. The number of carbonyl (C=O) groups is 4. The number of hydrogen-bond acceptors (Lipinski definition) is 10. The molecule has 1 N–H and O–H groups in total. The average Bonchev–Trinajstić information content (AvgIpc) is 3.25. The minimum Gasteiger partial charge on any atom is -0.465 e. The van der Waals surface area contributed by atoms with E-state index < -0.39 is 74.6 Å². The Morgan fingerprint density at radius 1 is 1.02 bits per heavy atom. The van der Waals surface area contributed by atoms with Gasteiger partial charge in [0.15, 0.2) is 0 Å².